The van der Waals surface area contributed by atoms with Crippen molar-refractivity contribution in [3.63, 3.8) is 0 Å². The van der Waals surface area contributed by atoms with Crippen molar-refractivity contribution in [1.82, 2.24) is 0 Å². The van der Waals surface area contributed by atoms with Crippen LogP contribution in [0, 0.1) is 0 Å². The van der Waals surface area contributed by atoms with Gasteiger partial charge in [-0.1, -0.05) is 17.8 Å². The van der Waals surface area contributed by atoms with Crippen LogP contribution in [0.3, 0.4) is 0 Å². The van der Waals surface area contributed by atoms with Gasteiger partial charge in [0.05, 0.1) is 0 Å². The molecule has 2 heterocycles. The van der Waals surface area contributed by atoms with Gasteiger partial charge in [-0.2, -0.15) is 5.10 Å². The van der Waals surface area contributed by atoms with Gasteiger partial charge in [-0.3, -0.25) is 0 Å². The van der Waals surface area contributed by atoms with E-state index in [9.17, 15) is 0 Å². The second kappa shape index (κ2) is 5.96. The molecular formula is C17H15N3O2S. The number of nitrogens with zero attached hydrogens (tertiary/aromatic N) is 2. The summed E-state index contributed by atoms with van der Waals surface area (Å²) in [7, 11) is 0. The van der Waals surface area contributed by atoms with Crippen LogP contribution in [-0.2, 0) is 0 Å². The van der Waals surface area contributed by atoms with E-state index in [0.29, 0.717) is 18.9 Å². The maximum Gasteiger partial charge on any atom is 0.161 e. The average molecular weight is 325 g/mol. The molecule has 23 heavy (non-hydrogen) atoms. The lowest BCUT2D eigenvalue weighted by Gasteiger charge is -2.20. The molecule has 6 heteroatoms. The highest BCUT2D eigenvalue weighted by Gasteiger charge is 2.17. The van der Waals surface area contributed by atoms with Crippen molar-refractivity contribution in [1.29, 1.82) is 0 Å². The van der Waals surface area contributed by atoms with Crippen LogP contribution in [0.15, 0.2) is 46.6 Å². The third-order valence-corrected chi connectivity index (χ3v) is 4.54. The number of thioether (sulfide) groups is 1. The van der Waals surface area contributed by atoms with Gasteiger partial charge in [0.2, 0.25) is 0 Å². The van der Waals surface area contributed by atoms with Crippen LogP contribution in [0.2, 0.25) is 0 Å². The molecule has 0 aliphatic carbocycles. The molecule has 116 valence electrons. The molecule has 0 unspecified atom stereocenters. The molecule has 0 radical (unpaired) electrons. The Morgan fingerprint density at radius 3 is 2.65 bits per heavy atom. The predicted octanol–water partition coefficient (Wildman–Crippen LogP) is 3.19. The van der Waals surface area contributed by atoms with Crippen LogP contribution in [0.4, 0.5) is 5.69 Å². The van der Waals surface area contributed by atoms with Crippen LogP contribution >= 0.6 is 11.8 Å². The number of ether oxygens (including phenoxy) is 2. The molecule has 0 saturated carbocycles. The van der Waals surface area contributed by atoms with Gasteiger partial charge in [0.1, 0.15) is 18.3 Å². The Bertz CT molecular complexity index is 817. The Balaban J connectivity index is 1.83. The summed E-state index contributed by atoms with van der Waals surface area (Å²) in [6.45, 7) is 1.15. The number of benzene rings is 2. The van der Waals surface area contributed by atoms with Gasteiger partial charge in [0.15, 0.2) is 11.5 Å². The minimum Gasteiger partial charge on any atom is -0.486 e. The predicted molar refractivity (Wildman–Crippen MR) is 94.8 cm³/mol. The fourth-order valence-electron chi connectivity index (χ4n) is 2.60. The molecule has 2 aliphatic rings. The normalized spacial score (nSPS) is 16.1. The van der Waals surface area contributed by atoms with Crippen molar-refractivity contribution in [3.8, 4) is 22.6 Å². The maximum atomic E-state index is 6.00. The van der Waals surface area contributed by atoms with Crippen molar-refractivity contribution in [2.45, 2.75) is 0 Å². The number of nitrogen functional groups attached to an aromatic ring is 1. The number of rotatable bonds is 2. The van der Waals surface area contributed by atoms with E-state index in [-0.39, 0.29) is 0 Å². The zero-order valence-electron chi connectivity index (χ0n) is 12.4. The van der Waals surface area contributed by atoms with E-state index < -0.39 is 0 Å². The third kappa shape index (κ3) is 2.77. The summed E-state index contributed by atoms with van der Waals surface area (Å²) in [5, 5.41) is 9.18. The second-order valence-electron chi connectivity index (χ2n) is 5.18. The molecule has 0 amide bonds. The van der Waals surface area contributed by atoms with Gasteiger partial charge in [0, 0.05) is 23.2 Å². The number of fused-ring (bicyclic) bond motifs is 1. The molecule has 2 aromatic rings. The van der Waals surface area contributed by atoms with E-state index in [1.165, 1.54) is 0 Å². The lowest BCUT2D eigenvalue weighted by molar-refractivity contribution is 0.171. The highest BCUT2D eigenvalue weighted by molar-refractivity contribution is 8.15. The van der Waals surface area contributed by atoms with Crippen LogP contribution in [0.25, 0.3) is 11.1 Å². The summed E-state index contributed by atoms with van der Waals surface area (Å²) in [6.07, 6.45) is 1.80. The van der Waals surface area contributed by atoms with Crippen LogP contribution < -0.4 is 15.2 Å². The lowest BCUT2D eigenvalue weighted by Crippen LogP contribution is -2.15. The SMILES string of the molecule is Nc1ccc(C2=NN=CCS2)c(-c2ccc3c(c2)OCCO3)c1. The highest BCUT2D eigenvalue weighted by atomic mass is 32.2. The molecular weight excluding hydrogens is 310 g/mol. The topological polar surface area (TPSA) is 69.2 Å². The number of hydrogen-bond acceptors (Lipinski definition) is 6. The molecule has 0 saturated heterocycles. The van der Waals surface area contributed by atoms with Crippen molar-refractivity contribution < 1.29 is 9.47 Å². The van der Waals surface area contributed by atoms with Crippen LogP contribution in [0.1, 0.15) is 5.56 Å². The Morgan fingerprint density at radius 1 is 0.957 bits per heavy atom. The minimum atomic E-state index is 0.567. The molecule has 0 atom stereocenters. The molecule has 2 aromatic carbocycles. The lowest BCUT2D eigenvalue weighted by atomic mass is 9.99. The molecule has 4 rings (SSSR count). The summed E-state index contributed by atoms with van der Waals surface area (Å²) >= 11 is 1.66. The van der Waals surface area contributed by atoms with E-state index in [0.717, 1.165) is 39.0 Å². The van der Waals surface area contributed by atoms with Gasteiger partial charge in [0.25, 0.3) is 0 Å². The van der Waals surface area contributed by atoms with Crippen LogP contribution in [-0.4, -0.2) is 30.2 Å². The van der Waals surface area contributed by atoms with Gasteiger partial charge in [-0.15, -0.1) is 5.10 Å². The fraction of sp³-hybridized carbons (Fsp3) is 0.176. The molecule has 0 aromatic heterocycles. The minimum absolute atomic E-state index is 0.567. The summed E-state index contributed by atoms with van der Waals surface area (Å²) in [6, 6.07) is 11.8. The van der Waals surface area contributed by atoms with E-state index in [1.807, 2.05) is 36.4 Å². The molecule has 5 nitrogen and oxygen atoms in total. The molecule has 0 spiro atoms. The summed E-state index contributed by atoms with van der Waals surface area (Å²) in [5.74, 6) is 2.36. The maximum absolute atomic E-state index is 6.00. The third-order valence-electron chi connectivity index (χ3n) is 3.65. The quantitative estimate of drug-likeness (QED) is 0.861. The van der Waals surface area contributed by atoms with Gasteiger partial charge >= 0.3 is 0 Å². The Hall–Kier alpha value is -2.47. The number of hydrogen-bond donors (Lipinski definition) is 1. The standard InChI is InChI=1S/C17H15N3O2S/c18-12-2-3-13(17-20-19-5-8-23-17)14(10-12)11-1-4-15-16(9-11)22-7-6-21-15/h1-5,9-10H,6-8,18H2. The van der Waals surface area contributed by atoms with E-state index in [1.54, 1.807) is 18.0 Å². The Kier molecular flexibility index (Phi) is 3.67. The largest absolute Gasteiger partial charge is 0.486 e. The first-order valence-corrected chi connectivity index (χ1v) is 8.32. The van der Waals surface area contributed by atoms with Crippen molar-refractivity contribution >= 4 is 28.7 Å². The zero-order valence-corrected chi connectivity index (χ0v) is 13.2. The molecule has 2 N–H and O–H groups in total. The monoisotopic (exact) mass is 325 g/mol. The fourth-order valence-corrected chi connectivity index (χ4v) is 3.34. The Labute approximate surface area is 138 Å². The highest BCUT2D eigenvalue weighted by Crippen LogP contribution is 2.37. The number of nitrogens with two attached hydrogens (primary N) is 1. The van der Waals surface area contributed by atoms with E-state index >= 15 is 0 Å². The molecule has 2 aliphatic heterocycles. The smallest absolute Gasteiger partial charge is 0.161 e. The van der Waals surface area contributed by atoms with Gasteiger partial charge in [-0.05, 0) is 41.5 Å². The summed E-state index contributed by atoms with van der Waals surface area (Å²) in [4.78, 5) is 0. The Morgan fingerprint density at radius 2 is 1.83 bits per heavy atom. The summed E-state index contributed by atoms with van der Waals surface area (Å²) in [5.41, 5.74) is 9.78. The van der Waals surface area contributed by atoms with Crippen molar-refractivity contribution in [2.75, 3.05) is 24.7 Å². The number of anilines is 1. The van der Waals surface area contributed by atoms with E-state index in [4.69, 9.17) is 15.2 Å². The van der Waals surface area contributed by atoms with Gasteiger partial charge < -0.3 is 15.2 Å². The summed E-state index contributed by atoms with van der Waals surface area (Å²) < 4.78 is 11.3. The van der Waals surface area contributed by atoms with E-state index in [2.05, 4.69) is 10.2 Å². The first-order valence-electron chi connectivity index (χ1n) is 7.33. The first-order chi connectivity index (χ1) is 11.3. The molecule has 0 bridgehead atoms. The second-order valence-corrected chi connectivity index (χ2v) is 6.19. The molecule has 0 fully saturated rings. The average Bonchev–Trinajstić information content (AvgIpc) is 2.62. The first kappa shape index (κ1) is 14.1. The van der Waals surface area contributed by atoms with Crippen molar-refractivity contribution in [2.24, 2.45) is 10.2 Å². The van der Waals surface area contributed by atoms with Crippen molar-refractivity contribution in [3.05, 3.63) is 42.0 Å². The van der Waals surface area contributed by atoms with Crippen LogP contribution in [0.5, 0.6) is 11.5 Å². The van der Waals surface area contributed by atoms with Gasteiger partial charge in [-0.25, -0.2) is 0 Å². The zero-order chi connectivity index (χ0) is 15.6.